The van der Waals surface area contributed by atoms with E-state index in [-0.39, 0.29) is 11.6 Å². The van der Waals surface area contributed by atoms with Gasteiger partial charge in [0.2, 0.25) is 0 Å². The zero-order valence-corrected chi connectivity index (χ0v) is 9.59. The average molecular weight is 224 g/mol. The van der Waals surface area contributed by atoms with Crippen LogP contribution in [-0.4, -0.2) is 18.5 Å². The number of amides is 1. The zero-order chi connectivity index (χ0) is 12.1. The fraction of sp³-hybridized carbons (Fsp3) is 0.417. The first-order chi connectivity index (χ1) is 7.58. The lowest BCUT2D eigenvalue weighted by molar-refractivity contribution is 0.0933. The second-order valence-corrected chi connectivity index (χ2v) is 3.80. The van der Waals surface area contributed by atoms with Crippen molar-refractivity contribution in [3.8, 4) is 0 Å². The Labute approximate surface area is 94.8 Å². The van der Waals surface area contributed by atoms with Crippen molar-refractivity contribution < 1.29 is 9.18 Å². The van der Waals surface area contributed by atoms with Crippen molar-refractivity contribution in [1.82, 2.24) is 5.32 Å². The minimum absolute atomic E-state index is 0.0671. The Bertz CT molecular complexity index is 375. The lowest BCUT2D eigenvalue weighted by Gasteiger charge is -2.14. The first-order valence-electron chi connectivity index (χ1n) is 5.35. The van der Waals surface area contributed by atoms with E-state index in [2.05, 4.69) is 5.32 Å². The van der Waals surface area contributed by atoms with Crippen LogP contribution in [0.4, 0.5) is 4.39 Å². The van der Waals surface area contributed by atoms with Crippen molar-refractivity contribution in [1.29, 1.82) is 0 Å². The number of hydrogen-bond acceptors (Lipinski definition) is 2. The van der Waals surface area contributed by atoms with Gasteiger partial charge in [0.15, 0.2) is 0 Å². The molecule has 4 heteroatoms. The van der Waals surface area contributed by atoms with Gasteiger partial charge >= 0.3 is 0 Å². The molecule has 3 nitrogen and oxygen atoms in total. The van der Waals surface area contributed by atoms with Gasteiger partial charge in [-0.15, -0.1) is 0 Å². The Morgan fingerprint density at radius 2 is 2.25 bits per heavy atom. The summed E-state index contributed by atoms with van der Waals surface area (Å²) in [6.07, 6.45) is 0.732. The largest absolute Gasteiger partial charge is 0.348 e. The maximum atomic E-state index is 13.5. The van der Waals surface area contributed by atoms with Crippen LogP contribution in [0, 0.1) is 12.7 Å². The maximum Gasteiger partial charge on any atom is 0.254 e. The summed E-state index contributed by atoms with van der Waals surface area (Å²) < 4.78 is 13.5. The average Bonchev–Trinajstić information content (AvgIpc) is 2.25. The molecule has 0 spiro atoms. The van der Waals surface area contributed by atoms with Gasteiger partial charge < -0.3 is 11.1 Å². The van der Waals surface area contributed by atoms with Crippen molar-refractivity contribution in [2.75, 3.05) is 6.54 Å². The third kappa shape index (κ3) is 3.03. The van der Waals surface area contributed by atoms with Gasteiger partial charge in [0.1, 0.15) is 5.82 Å². The van der Waals surface area contributed by atoms with E-state index in [0.29, 0.717) is 6.54 Å². The maximum absolute atomic E-state index is 13.5. The van der Waals surface area contributed by atoms with Gasteiger partial charge in [-0.3, -0.25) is 4.79 Å². The number of halogens is 1. The number of nitrogens with two attached hydrogens (primary N) is 1. The van der Waals surface area contributed by atoms with E-state index in [0.717, 1.165) is 12.0 Å². The summed E-state index contributed by atoms with van der Waals surface area (Å²) in [5.41, 5.74) is 6.32. The highest BCUT2D eigenvalue weighted by Gasteiger charge is 2.14. The minimum atomic E-state index is -0.496. The molecule has 0 aromatic heterocycles. The van der Waals surface area contributed by atoms with Crippen LogP contribution >= 0.6 is 0 Å². The van der Waals surface area contributed by atoms with Crippen LogP contribution in [0.15, 0.2) is 18.2 Å². The van der Waals surface area contributed by atoms with E-state index in [1.54, 1.807) is 13.0 Å². The van der Waals surface area contributed by atoms with Crippen LogP contribution < -0.4 is 11.1 Å². The Kier molecular flexibility index (Phi) is 4.43. The molecule has 1 aromatic carbocycles. The number of carbonyl (C=O) groups is 1. The first kappa shape index (κ1) is 12.6. The fourth-order valence-corrected chi connectivity index (χ4v) is 1.40. The van der Waals surface area contributed by atoms with Crippen molar-refractivity contribution in [3.63, 3.8) is 0 Å². The predicted molar refractivity (Wildman–Crippen MR) is 61.7 cm³/mol. The van der Waals surface area contributed by atoms with Crippen LogP contribution in [0.2, 0.25) is 0 Å². The smallest absolute Gasteiger partial charge is 0.254 e. The van der Waals surface area contributed by atoms with Gasteiger partial charge in [-0.2, -0.15) is 0 Å². The van der Waals surface area contributed by atoms with Gasteiger partial charge in [-0.1, -0.05) is 13.0 Å². The van der Waals surface area contributed by atoms with Crippen molar-refractivity contribution in [2.45, 2.75) is 26.3 Å². The lowest BCUT2D eigenvalue weighted by Crippen LogP contribution is -2.39. The van der Waals surface area contributed by atoms with E-state index in [9.17, 15) is 9.18 Å². The van der Waals surface area contributed by atoms with E-state index < -0.39 is 11.7 Å². The van der Waals surface area contributed by atoms with Crippen molar-refractivity contribution >= 4 is 5.91 Å². The van der Waals surface area contributed by atoms with E-state index in [1.807, 2.05) is 6.92 Å². The van der Waals surface area contributed by atoms with E-state index in [4.69, 9.17) is 5.73 Å². The molecule has 16 heavy (non-hydrogen) atoms. The molecule has 1 unspecified atom stereocenters. The Morgan fingerprint density at radius 3 is 2.75 bits per heavy atom. The van der Waals surface area contributed by atoms with Gasteiger partial charge in [-0.25, -0.2) is 4.39 Å². The van der Waals surface area contributed by atoms with Gasteiger partial charge in [-0.05, 0) is 31.0 Å². The third-order valence-electron chi connectivity index (χ3n) is 2.48. The molecule has 0 radical (unpaired) electrons. The molecule has 88 valence electrons. The summed E-state index contributed by atoms with van der Waals surface area (Å²) in [5, 5.41) is 2.69. The molecule has 0 saturated carbocycles. The second-order valence-electron chi connectivity index (χ2n) is 3.80. The summed E-state index contributed by atoms with van der Waals surface area (Å²) >= 11 is 0. The summed E-state index contributed by atoms with van der Waals surface area (Å²) in [7, 11) is 0. The van der Waals surface area contributed by atoms with Crippen molar-refractivity contribution in [3.05, 3.63) is 35.1 Å². The molecule has 3 N–H and O–H groups in total. The minimum Gasteiger partial charge on any atom is -0.348 e. The number of hydrogen-bond donors (Lipinski definition) is 2. The highest BCUT2D eigenvalue weighted by atomic mass is 19.1. The highest BCUT2D eigenvalue weighted by Crippen LogP contribution is 2.10. The molecule has 0 heterocycles. The zero-order valence-electron chi connectivity index (χ0n) is 9.59. The Balaban J connectivity index is 2.80. The molecule has 1 aromatic rings. The molecule has 0 aliphatic carbocycles. The highest BCUT2D eigenvalue weighted by molar-refractivity contribution is 5.94. The van der Waals surface area contributed by atoms with Crippen LogP contribution in [0.25, 0.3) is 0 Å². The topological polar surface area (TPSA) is 55.1 Å². The molecule has 0 aliphatic heterocycles. The standard InChI is InChI=1S/C12H17FN2O/c1-3-9(7-14)15-12(16)10-5-4-8(2)6-11(10)13/h4-6,9H,3,7,14H2,1-2H3,(H,15,16). The normalized spacial score (nSPS) is 12.2. The summed E-state index contributed by atoms with van der Waals surface area (Å²) in [6.45, 7) is 4.05. The van der Waals surface area contributed by atoms with Crippen LogP contribution in [-0.2, 0) is 0 Å². The molecule has 0 aliphatic rings. The Hall–Kier alpha value is -1.42. The SMILES string of the molecule is CCC(CN)NC(=O)c1ccc(C)cc1F. The van der Waals surface area contributed by atoms with Gasteiger partial charge in [0, 0.05) is 12.6 Å². The van der Waals surface area contributed by atoms with Gasteiger partial charge in [0.25, 0.3) is 5.91 Å². The molecule has 0 fully saturated rings. The van der Waals surface area contributed by atoms with Crippen LogP contribution in [0.5, 0.6) is 0 Å². The molecule has 1 atom stereocenters. The van der Waals surface area contributed by atoms with E-state index >= 15 is 0 Å². The summed E-state index contributed by atoms with van der Waals surface area (Å²) in [6, 6.07) is 4.44. The Morgan fingerprint density at radius 1 is 1.56 bits per heavy atom. The number of benzene rings is 1. The molecular formula is C12H17FN2O. The quantitative estimate of drug-likeness (QED) is 0.816. The molecular weight excluding hydrogens is 207 g/mol. The van der Waals surface area contributed by atoms with Crippen LogP contribution in [0.1, 0.15) is 29.3 Å². The lowest BCUT2D eigenvalue weighted by atomic mass is 10.1. The first-order valence-corrected chi connectivity index (χ1v) is 5.35. The molecule has 0 saturated heterocycles. The monoisotopic (exact) mass is 224 g/mol. The number of rotatable bonds is 4. The number of aryl methyl sites for hydroxylation is 1. The number of nitrogens with one attached hydrogen (secondary N) is 1. The summed E-state index contributed by atoms with van der Waals surface area (Å²) in [5.74, 6) is -0.904. The predicted octanol–water partition coefficient (Wildman–Crippen LogP) is 1.60. The molecule has 1 amide bonds. The molecule has 0 bridgehead atoms. The fourth-order valence-electron chi connectivity index (χ4n) is 1.40. The summed E-state index contributed by atoms with van der Waals surface area (Å²) in [4.78, 5) is 11.7. The third-order valence-corrected chi connectivity index (χ3v) is 2.48. The van der Waals surface area contributed by atoms with Gasteiger partial charge in [0.05, 0.1) is 5.56 Å². The number of carbonyl (C=O) groups excluding carboxylic acids is 1. The van der Waals surface area contributed by atoms with Crippen molar-refractivity contribution in [2.24, 2.45) is 5.73 Å². The second kappa shape index (κ2) is 5.61. The molecule has 1 rings (SSSR count). The van der Waals surface area contributed by atoms with E-state index in [1.165, 1.54) is 12.1 Å². The van der Waals surface area contributed by atoms with Crippen LogP contribution in [0.3, 0.4) is 0 Å².